The van der Waals surface area contributed by atoms with Crippen LogP contribution in [0.15, 0.2) is 41.3 Å². The second kappa shape index (κ2) is 12.4. The highest BCUT2D eigenvalue weighted by Crippen LogP contribution is 2.46. The maximum absolute atomic E-state index is 12.8. The zero-order valence-electron chi connectivity index (χ0n) is 24.1. The van der Waals surface area contributed by atoms with Crippen LogP contribution in [0, 0.1) is 11.8 Å². The summed E-state index contributed by atoms with van der Waals surface area (Å²) in [7, 11) is 0. The van der Waals surface area contributed by atoms with Crippen LogP contribution in [0.25, 0.3) is 5.69 Å². The van der Waals surface area contributed by atoms with Gasteiger partial charge in [0.25, 0.3) is 0 Å². The molecular formula is C28H39ClN8O5. The average Bonchev–Trinajstić information content (AvgIpc) is 3.31. The normalized spacial score (nSPS) is 22.5. The Kier molecular flexibility index (Phi) is 9.26. The van der Waals surface area contributed by atoms with Crippen LogP contribution in [0.4, 0.5) is 10.6 Å². The third-order valence-corrected chi connectivity index (χ3v) is 8.09. The van der Waals surface area contributed by atoms with Gasteiger partial charge in [-0.25, -0.2) is 14.4 Å². The van der Waals surface area contributed by atoms with Crippen LogP contribution in [-0.4, -0.2) is 99.6 Å². The summed E-state index contributed by atoms with van der Waals surface area (Å²) < 4.78 is 6.72. The number of ether oxygens (including phenoxy) is 1. The lowest BCUT2D eigenvalue weighted by molar-refractivity contribution is -0.149. The minimum atomic E-state index is -0.968. The molecule has 3 aliphatic rings. The molecule has 1 saturated carbocycles. The van der Waals surface area contributed by atoms with Gasteiger partial charge >= 0.3 is 17.7 Å². The lowest BCUT2D eigenvalue weighted by Gasteiger charge is -2.37. The molecule has 0 spiro atoms. The first-order valence-electron chi connectivity index (χ1n) is 14.0. The van der Waals surface area contributed by atoms with E-state index in [0.29, 0.717) is 50.3 Å². The average molecular weight is 603 g/mol. The van der Waals surface area contributed by atoms with Gasteiger partial charge in [-0.1, -0.05) is 12.1 Å². The van der Waals surface area contributed by atoms with E-state index in [4.69, 9.17) is 16.2 Å². The van der Waals surface area contributed by atoms with Crippen molar-refractivity contribution in [2.75, 3.05) is 51.2 Å². The number of piperazine rings is 1. The van der Waals surface area contributed by atoms with E-state index in [1.54, 1.807) is 48.8 Å². The van der Waals surface area contributed by atoms with Gasteiger partial charge in [-0.15, -0.1) is 12.4 Å². The van der Waals surface area contributed by atoms with Crippen LogP contribution in [0.2, 0.25) is 0 Å². The summed E-state index contributed by atoms with van der Waals surface area (Å²) in [5.74, 6) is 0.511. The van der Waals surface area contributed by atoms with E-state index in [0.717, 1.165) is 18.7 Å². The molecule has 0 radical (unpaired) electrons. The zero-order chi connectivity index (χ0) is 29.5. The van der Waals surface area contributed by atoms with E-state index in [2.05, 4.69) is 15.2 Å². The molecule has 3 atom stereocenters. The van der Waals surface area contributed by atoms with Gasteiger partial charge in [-0.2, -0.15) is 4.98 Å². The van der Waals surface area contributed by atoms with Crippen molar-refractivity contribution < 1.29 is 19.1 Å². The standard InChI is InChI=1S/C28H38N8O5.ClH/c1-4-41-24(37)23(35-15-19-20(16-35)22(19)29)17-5-7-18(8-6-17)36-10-9-21(32-27(36)40)31-26(39)34-13-11-33(12-14-34)25(38)28(2,3)30;/h5-10,19-20,22-23H,4,11-16,29-30H2,1-3H3,(H,31,32,39,40);1H. The number of benzene rings is 1. The number of carbonyl (C=O) groups excluding carboxylic acids is 3. The Morgan fingerprint density at radius 3 is 2.19 bits per heavy atom. The number of aromatic nitrogens is 2. The molecule has 14 heteroatoms. The highest BCUT2D eigenvalue weighted by molar-refractivity contribution is 5.89. The molecule has 1 aromatic heterocycles. The predicted molar refractivity (Wildman–Crippen MR) is 158 cm³/mol. The molecule has 1 aliphatic carbocycles. The van der Waals surface area contributed by atoms with Crippen molar-refractivity contribution in [3.63, 3.8) is 0 Å². The van der Waals surface area contributed by atoms with Gasteiger partial charge in [-0.3, -0.25) is 19.6 Å². The second-order valence-electron chi connectivity index (χ2n) is 11.5. The zero-order valence-corrected chi connectivity index (χ0v) is 24.9. The van der Waals surface area contributed by atoms with Crippen LogP contribution >= 0.6 is 12.4 Å². The van der Waals surface area contributed by atoms with E-state index in [1.165, 1.54) is 10.8 Å². The fourth-order valence-electron chi connectivity index (χ4n) is 5.73. The van der Waals surface area contributed by atoms with Crippen molar-refractivity contribution >= 4 is 36.1 Å². The molecule has 3 unspecified atom stereocenters. The lowest BCUT2D eigenvalue weighted by Crippen LogP contribution is -2.58. The third kappa shape index (κ3) is 6.43. The van der Waals surface area contributed by atoms with Crippen molar-refractivity contribution in [1.82, 2.24) is 24.3 Å². The summed E-state index contributed by atoms with van der Waals surface area (Å²) in [4.78, 5) is 60.2. The topological polar surface area (TPSA) is 169 Å². The van der Waals surface area contributed by atoms with Gasteiger partial charge in [0.15, 0.2) is 0 Å². The van der Waals surface area contributed by atoms with Crippen molar-refractivity contribution in [2.24, 2.45) is 23.3 Å². The number of hydrogen-bond donors (Lipinski definition) is 3. The molecule has 5 rings (SSSR count). The molecule has 3 heterocycles. The van der Waals surface area contributed by atoms with Gasteiger partial charge in [0.1, 0.15) is 11.9 Å². The number of carbonyl (C=O) groups is 3. The number of esters is 1. The second-order valence-corrected chi connectivity index (χ2v) is 11.5. The molecule has 2 aromatic rings. The van der Waals surface area contributed by atoms with Gasteiger partial charge in [0.2, 0.25) is 5.91 Å². The molecule has 2 saturated heterocycles. The smallest absolute Gasteiger partial charge is 0.354 e. The van der Waals surface area contributed by atoms with Crippen LogP contribution in [0.1, 0.15) is 32.4 Å². The van der Waals surface area contributed by atoms with Crippen molar-refractivity contribution in [2.45, 2.75) is 38.4 Å². The van der Waals surface area contributed by atoms with Crippen LogP contribution in [-0.2, 0) is 14.3 Å². The van der Waals surface area contributed by atoms with E-state index in [9.17, 15) is 19.2 Å². The van der Waals surface area contributed by atoms with Gasteiger partial charge < -0.3 is 26.0 Å². The van der Waals surface area contributed by atoms with E-state index >= 15 is 0 Å². The Bertz CT molecular complexity index is 1360. The number of rotatable bonds is 7. The van der Waals surface area contributed by atoms with E-state index < -0.39 is 23.3 Å². The molecule has 42 heavy (non-hydrogen) atoms. The van der Waals surface area contributed by atoms with Gasteiger partial charge in [0.05, 0.1) is 17.8 Å². The van der Waals surface area contributed by atoms with E-state index in [-0.39, 0.29) is 36.1 Å². The fourth-order valence-corrected chi connectivity index (χ4v) is 5.73. The van der Waals surface area contributed by atoms with Crippen molar-refractivity contribution in [3.05, 3.63) is 52.6 Å². The lowest BCUT2D eigenvalue weighted by atomic mass is 10.0. The number of urea groups is 1. The third-order valence-electron chi connectivity index (χ3n) is 8.09. The minimum absolute atomic E-state index is 0. The van der Waals surface area contributed by atoms with Crippen LogP contribution in [0.5, 0.6) is 0 Å². The first-order chi connectivity index (χ1) is 19.5. The molecule has 1 aromatic carbocycles. The Morgan fingerprint density at radius 2 is 1.64 bits per heavy atom. The number of fused-ring (bicyclic) bond motifs is 1. The summed E-state index contributed by atoms with van der Waals surface area (Å²) >= 11 is 0. The van der Waals surface area contributed by atoms with E-state index in [1.807, 2.05) is 12.1 Å². The van der Waals surface area contributed by atoms with Gasteiger partial charge in [0, 0.05) is 51.5 Å². The molecule has 3 fully saturated rings. The molecule has 2 aliphatic heterocycles. The number of halogens is 1. The minimum Gasteiger partial charge on any atom is -0.465 e. The summed E-state index contributed by atoms with van der Waals surface area (Å²) in [6, 6.07) is 7.99. The highest BCUT2D eigenvalue weighted by Gasteiger charge is 2.55. The molecule has 5 N–H and O–H groups in total. The number of hydrogen-bond acceptors (Lipinski definition) is 9. The van der Waals surface area contributed by atoms with Gasteiger partial charge in [-0.05, 0) is 56.4 Å². The van der Waals surface area contributed by atoms with Crippen LogP contribution in [0.3, 0.4) is 0 Å². The Labute approximate surface area is 250 Å². The Hall–Kier alpha value is -3.52. The number of nitrogens with two attached hydrogens (primary N) is 2. The SMILES string of the molecule is CCOC(=O)C(c1ccc(-n2ccc(NC(=O)N3CCN(C(=O)C(C)(C)N)CC3)nc2=O)cc1)N1CC2C(N)C2C1.Cl. The quantitative estimate of drug-likeness (QED) is 0.383. The maximum atomic E-state index is 12.8. The summed E-state index contributed by atoms with van der Waals surface area (Å²) in [5.41, 5.74) is 11.8. The largest absolute Gasteiger partial charge is 0.465 e. The fraction of sp³-hybridized carbons (Fsp3) is 0.536. The summed E-state index contributed by atoms with van der Waals surface area (Å²) in [6.07, 6.45) is 1.54. The Balaban J connectivity index is 0.00000405. The molecule has 0 bridgehead atoms. The first-order valence-corrected chi connectivity index (χ1v) is 14.0. The number of anilines is 1. The Morgan fingerprint density at radius 1 is 1.05 bits per heavy atom. The highest BCUT2D eigenvalue weighted by atomic mass is 35.5. The number of piperidine rings is 1. The number of amides is 3. The predicted octanol–water partition coefficient (Wildman–Crippen LogP) is 0.561. The number of likely N-dealkylation sites (tertiary alicyclic amines) is 1. The number of nitrogens with zero attached hydrogens (tertiary/aromatic N) is 5. The van der Waals surface area contributed by atoms with Crippen molar-refractivity contribution in [1.29, 1.82) is 0 Å². The molecule has 228 valence electrons. The number of nitrogens with one attached hydrogen (secondary N) is 1. The van der Waals surface area contributed by atoms with Crippen LogP contribution < -0.4 is 22.5 Å². The molecule has 3 amide bonds. The monoisotopic (exact) mass is 602 g/mol. The maximum Gasteiger partial charge on any atom is 0.354 e. The first kappa shape index (κ1) is 31.4. The summed E-state index contributed by atoms with van der Waals surface area (Å²) in [6.45, 7) is 8.34. The molecule has 13 nitrogen and oxygen atoms in total. The summed E-state index contributed by atoms with van der Waals surface area (Å²) in [5, 5.41) is 2.66. The van der Waals surface area contributed by atoms with Crippen molar-refractivity contribution in [3.8, 4) is 5.69 Å². The molecular weight excluding hydrogens is 564 g/mol.